The molecule has 0 saturated heterocycles. The van der Waals surface area contributed by atoms with Gasteiger partial charge in [0.25, 0.3) is 5.91 Å². The van der Waals surface area contributed by atoms with Gasteiger partial charge in [-0.05, 0) is 18.1 Å². The molecule has 0 saturated carbocycles. The number of hydrogen-bond acceptors (Lipinski definition) is 1. The minimum atomic E-state index is -0.0284. The summed E-state index contributed by atoms with van der Waals surface area (Å²) in [5, 5.41) is 2.84. The summed E-state index contributed by atoms with van der Waals surface area (Å²) in [6, 6.07) is 9.20. The molecule has 1 rings (SSSR count). The molecule has 1 atom stereocenters. The van der Waals surface area contributed by atoms with Crippen LogP contribution in [-0.2, 0) is 0 Å². The number of carbonyl (C=O) groups is 1. The number of amides is 1. The van der Waals surface area contributed by atoms with E-state index in [1.54, 1.807) is 12.1 Å². The third-order valence-corrected chi connectivity index (χ3v) is 2.02. The molecule has 0 bridgehead atoms. The maximum Gasteiger partial charge on any atom is 0.251 e. The van der Waals surface area contributed by atoms with Crippen molar-refractivity contribution in [1.29, 1.82) is 0 Å². The Hall–Kier alpha value is -1.57. The van der Waals surface area contributed by atoms with Crippen LogP contribution in [0.2, 0.25) is 0 Å². The molecule has 0 radical (unpaired) electrons. The number of rotatable bonds is 4. The number of nitrogens with one attached hydrogen (secondary N) is 1. The van der Waals surface area contributed by atoms with Gasteiger partial charge in [-0.1, -0.05) is 31.2 Å². The summed E-state index contributed by atoms with van der Waals surface area (Å²) in [6.45, 7) is 6.31. The van der Waals surface area contributed by atoms with Gasteiger partial charge < -0.3 is 5.32 Å². The summed E-state index contributed by atoms with van der Waals surface area (Å²) < 4.78 is 0. The van der Waals surface area contributed by atoms with E-state index >= 15 is 0 Å². The molecular formula is C12H15NO. The zero-order chi connectivity index (χ0) is 10.4. The maximum absolute atomic E-state index is 11.5. The minimum Gasteiger partial charge on any atom is -0.351 e. The van der Waals surface area contributed by atoms with Crippen molar-refractivity contribution in [2.45, 2.75) is 6.92 Å². The SMILES string of the molecule is C=C[C@@H](C)CNC(=O)c1ccccc1. The van der Waals surface area contributed by atoms with Crippen LogP contribution in [-0.4, -0.2) is 12.5 Å². The van der Waals surface area contributed by atoms with Gasteiger partial charge in [-0.25, -0.2) is 0 Å². The average molecular weight is 189 g/mol. The van der Waals surface area contributed by atoms with Crippen LogP contribution in [0.15, 0.2) is 43.0 Å². The first-order valence-corrected chi connectivity index (χ1v) is 4.70. The van der Waals surface area contributed by atoms with E-state index in [9.17, 15) is 4.79 Å². The highest BCUT2D eigenvalue weighted by Gasteiger charge is 2.04. The summed E-state index contributed by atoms with van der Waals surface area (Å²) >= 11 is 0. The van der Waals surface area contributed by atoms with Crippen LogP contribution in [0.3, 0.4) is 0 Å². The Labute approximate surface area is 84.6 Å². The van der Waals surface area contributed by atoms with E-state index < -0.39 is 0 Å². The predicted octanol–water partition coefficient (Wildman–Crippen LogP) is 2.24. The minimum absolute atomic E-state index is 0.0284. The van der Waals surface area contributed by atoms with Crippen molar-refractivity contribution in [3.63, 3.8) is 0 Å². The predicted molar refractivity (Wildman–Crippen MR) is 58.1 cm³/mol. The second kappa shape index (κ2) is 5.22. The van der Waals surface area contributed by atoms with Gasteiger partial charge in [0.15, 0.2) is 0 Å². The monoisotopic (exact) mass is 189 g/mol. The smallest absolute Gasteiger partial charge is 0.251 e. The Morgan fingerprint density at radius 2 is 2.14 bits per heavy atom. The topological polar surface area (TPSA) is 29.1 Å². The van der Waals surface area contributed by atoms with Crippen molar-refractivity contribution in [2.75, 3.05) is 6.54 Å². The van der Waals surface area contributed by atoms with Crippen LogP contribution < -0.4 is 5.32 Å². The van der Waals surface area contributed by atoms with E-state index in [-0.39, 0.29) is 5.91 Å². The Bertz CT molecular complexity index is 305. The van der Waals surface area contributed by atoms with E-state index in [1.165, 1.54) is 0 Å². The first-order valence-electron chi connectivity index (χ1n) is 4.70. The van der Waals surface area contributed by atoms with Gasteiger partial charge >= 0.3 is 0 Å². The number of carbonyl (C=O) groups excluding carboxylic acids is 1. The van der Waals surface area contributed by atoms with Gasteiger partial charge in [-0.15, -0.1) is 6.58 Å². The van der Waals surface area contributed by atoms with Crippen molar-refractivity contribution in [3.8, 4) is 0 Å². The van der Waals surface area contributed by atoms with Gasteiger partial charge in [0.1, 0.15) is 0 Å². The Balaban J connectivity index is 2.47. The fourth-order valence-corrected chi connectivity index (χ4v) is 1.03. The summed E-state index contributed by atoms with van der Waals surface area (Å²) in [5.41, 5.74) is 0.698. The van der Waals surface area contributed by atoms with E-state index in [4.69, 9.17) is 0 Å². The lowest BCUT2D eigenvalue weighted by molar-refractivity contribution is 0.0950. The Morgan fingerprint density at radius 3 is 2.71 bits per heavy atom. The lowest BCUT2D eigenvalue weighted by Gasteiger charge is -2.07. The molecule has 1 amide bonds. The van der Waals surface area contributed by atoms with Crippen LogP contribution in [0.4, 0.5) is 0 Å². The fourth-order valence-electron chi connectivity index (χ4n) is 1.03. The summed E-state index contributed by atoms with van der Waals surface area (Å²) in [7, 11) is 0. The molecular weight excluding hydrogens is 174 g/mol. The zero-order valence-corrected chi connectivity index (χ0v) is 8.36. The molecule has 2 nitrogen and oxygen atoms in total. The zero-order valence-electron chi connectivity index (χ0n) is 8.36. The highest BCUT2D eigenvalue weighted by atomic mass is 16.1. The molecule has 0 heterocycles. The molecule has 2 heteroatoms. The molecule has 1 aromatic carbocycles. The molecule has 0 aliphatic carbocycles. The lowest BCUT2D eigenvalue weighted by Crippen LogP contribution is -2.27. The van der Waals surface area contributed by atoms with Gasteiger partial charge in [0.05, 0.1) is 0 Å². The average Bonchev–Trinajstić information content (AvgIpc) is 2.26. The van der Waals surface area contributed by atoms with Crippen LogP contribution >= 0.6 is 0 Å². The second-order valence-corrected chi connectivity index (χ2v) is 3.29. The summed E-state index contributed by atoms with van der Waals surface area (Å²) in [6.07, 6.45) is 1.82. The molecule has 74 valence electrons. The van der Waals surface area contributed by atoms with Crippen LogP contribution in [0.1, 0.15) is 17.3 Å². The Kier molecular flexibility index (Phi) is 3.92. The molecule has 0 aromatic heterocycles. The van der Waals surface area contributed by atoms with Crippen molar-refractivity contribution < 1.29 is 4.79 Å². The lowest BCUT2D eigenvalue weighted by atomic mass is 10.1. The van der Waals surface area contributed by atoms with Gasteiger partial charge in [0.2, 0.25) is 0 Å². The van der Waals surface area contributed by atoms with Crippen molar-refractivity contribution in [2.24, 2.45) is 5.92 Å². The largest absolute Gasteiger partial charge is 0.351 e. The highest BCUT2D eigenvalue weighted by molar-refractivity contribution is 5.94. The van der Waals surface area contributed by atoms with E-state index in [0.29, 0.717) is 18.0 Å². The first-order chi connectivity index (χ1) is 6.74. The molecule has 0 fully saturated rings. The Morgan fingerprint density at radius 1 is 1.50 bits per heavy atom. The molecule has 0 spiro atoms. The van der Waals surface area contributed by atoms with Crippen molar-refractivity contribution >= 4 is 5.91 Å². The van der Waals surface area contributed by atoms with Crippen LogP contribution in [0, 0.1) is 5.92 Å². The van der Waals surface area contributed by atoms with Crippen molar-refractivity contribution in [3.05, 3.63) is 48.6 Å². The number of benzene rings is 1. The van der Waals surface area contributed by atoms with E-state index in [1.807, 2.05) is 31.2 Å². The van der Waals surface area contributed by atoms with Gasteiger partial charge in [0, 0.05) is 12.1 Å². The molecule has 0 unspecified atom stereocenters. The van der Waals surface area contributed by atoms with Gasteiger partial charge in [-0.2, -0.15) is 0 Å². The van der Waals surface area contributed by atoms with Crippen LogP contribution in [0.25, 0.3) is 0 Å². The fraction of sp³-hybridized carbons (Fsp3) is 0.250. The van der Waals surface area contributed by atoms with Crippen molar-refractivity contribution in [1.82, 2.24) is 5.32 Å². The summed E-state index contributed by atoms with van der Waals surface area (Å²) in [4.78, 5) is 11.5. The standard InChI is InChI=1S/C12H15NO/c1-3-10(2)9-13-12(14)11-7-5-4-6-8-11/h3-8,10H,1,9H2,2H3,(H,13,14)/t10-/m1/s1. The van der Waals surface area contributed by atoms with E-state index in [0.717, 1.165) is 0 Å². The highest BCUT2D eigenvalue weighted by Crippen LogP contribution is 1.99. The quantitative estimate of drug-likeness (QED) is 0.723. The van der Waals surface area contributed by atoms with Gasteiger partial charge in [-0.3, -0.25) is 4.79 Å². The first kappa shape index (κ1) is 10.5. The molecule has 1 N–H and O–H groups in total. The third kappa shape index (κ3) is 3.05. The molecule has 1 aromatic rings. The molecule has 0 aliphatic heterocycles. The summed E-state index contributed by atoms with van der Waals surface area (Å²) in [5.74, 6) is 0.280. The third-order valence-electron chi connectivity index (χ3n) is 2.02. The molecule has 14 heavy (non-hydrogen) atoms. The second-order valence-electron chi connectivity index (χ2n) is 3.29. The van der Waals surface area contributed by atoms with E-state index in [2.05, 4.69) is 11.9 Å². The van der Waals surface area contributed by atoms with Crippen LogP contribution in [0.5, 0.6) is 0 Å². The maximum atomic E-state index is 11.5. The molecule has 0 aliphatic rings. The normalized spacial score (nSPS) is 11.8. The number of hydrogen-bond donors (Lipinski definition) is 1.